The Labute approximate surface area is 134 Å². The van der Waals surface area contributed by atoms with E-state index in [1.54, 1.807) is 6.20 Å². The van der Waals surface area contributed by atoms with E-state index in [4.69, 9.17) is 0 Å². The van der Waals surface area contributed by atoms with Crippen molar-refractivity contribution in [2.75, 3.05) is 24.5 Å². The van der Waals surface area contributed by atoms with Gasteiger partial charge < -0.3 is 10.2 Å². The van der Waals surface area contributed by atoms with Gasteiger partial charge in [0, 0.05) is 32.3 Å². The zero-order chi connectivity index (χ0) is 16.3. The van der Waals surface area contributed by atoms with Crippen molar-refractivity contribution in [1.82, 2.24) is 15.6 Å². The molecular formula is C16H22F2N4O. The lowest BCUT2D eigenvalue weighted by Crippen LogP contribution is -2.40. The maximum atomic E-state index is 13.1. The standard InChI is InChI=1S/C16H22F2N4O/c17-16(18)8-13(21-11-16)15(23)20-10-12-4-5-14(19-9-12)22-6-2-1-3-7-22/h4-5,9,13,21H,1-3,6-8,10-11H2,(H,20,23). The van der Waals surface area contributed by atoms with Crippen LogP contribution in [0, 0.1) is 0 Å². The van der Waals surface area contributed by atoms with Crippen LogP contribution in [0.2, 0.25) is 0 Å². The van der Waals surface area contributed by atoms with Crippen LogP contribution in [0.5, 0.6) is 0 Å². The third kappa shape index (κ3) is 4.16. The Morgan fingerprint density at radius 1 is 1.35 bits per heavy atom. The summed E-state index contributed by atoms with van der Waals surface area (Å²) in [4.78, 5) is 18.6. The van der Waals surface area contributed by atoms with Crippen molar-refractivity contribution in [2.24, 2.45) is 0 Å². The number of pyridine rings is 1. The third-order valence-electron chi connectivity index (χ3n) is 4.38. The lowest BCUT2D eigenvalue weighted by atomic mass is 10.1. The Balaban J connectivity index is 1.49. The fourth-order valence-electron chi connectivity index (χ4n) is 3.04. The van der Waals surface area contributed by atoms with E-state index in [9.17, 15) is 13.6 Å². The summed E-state index contributed by atoms with van der Waals surface area (Å²) in [6, 6.07) is 3.06. The minimum Gasteiger partial charge on any atom is -0.357 e. The largest absolute Gasteiger partial charge is 0.357 e. The van der Waals surface area contributed by atoms with E-state index in [1.807, 2.05) is 12.1 Å². The molecule has 7 heteroatoms. The number of hydrogen-bond donors (Lipinski definition) is 2. The van der Waals surface area contributed by atoms with E-state index in [0.717, 1.165) is 24.5 Å². The zero-order valence-corrected chi connectivity index (χ0v) is 13.0. The predicted octanol–water partition coefficient (Wildman–Crippen LogP) is 1.69. The monoisotopic (exact) mass is 324 g/mol. The molecule has 2 N–H and O–H groups in total. The lowest BCUT2D eigenvalue weighted by molar-refractivity contribution is -0.123. The van der Waals surface area contributed by atoms with Gasteiger partial charge in [0.2, 0.25) is 5.91 Å². The molecule has 0 aromatic carbocycles. The molecule has 0 aliphatic carbocycles. The Hall–Kier alpha value is -1.76. The summed E-state index contributed by atoms with van der Waals surface area (Å²) in [5.41, 5.74) is 0.865. The molecule has 1 amide bonds. The Kier molecular flexibility index (Phi) is 4.75. The Morgan fingerprint density at radius 3 is 2.74 bits per heavy atom. The van der Waals surface area contributed by atoms with Crippen molar-refractivity contribution in [3.63, 3.8) is 0 Å². The van der Waals surface area contributed by atoms with Crippen LogP contribution < -0.4 is 15.5 Å². The molecule has 0 bridgehead atoms. The first-order valence-electron chi connectivity index (χ1n) is 8.12. The van der Waals surface area contributed by atoms with Gasteiger partial charge in [0.15, 0.2) is 0 Å². The first-order valence-corrected chi connectivity index (χ1v) is 8.12. The van der Waals surface area contributed by atoms with Crippen molar-refractivity contribution in [3.05, 3.63) is 23.9 Å². The van der Waals surface area contributed by atoms with Crippen molar-refractivity contribution >= 4 is 11.7 Å². The second-order valence-electron chi connectivity index (χ2n) is 6.28. The molecule has 1 unspecified atom stereocenters. The van der Waals surface area contributed by atoms with Gasteiger partial charge in [-0.25, -0.2) is 13.8 Å². The van der Waals surface area contributed by atoms with Crippen molar-refractivity contribution in [1.29, 1.82) is 0 Å². The summed E-state index contributed by atoms with van der Waals surface area (Å²) in [6.45, 7) is 1.93. The van der Waals surface area contributed by atoms with Gasteiger partial charge in [-0.05, 0) is 30.9 Å². The molecule has 2 aliphatic heterocycles. The van der Waals surface area contributed by atoms with E-state index in [2.05, 4.69) is 20.5 Å². The highest BCUT2D eigenvalue weighted by Crippen LogP contribution is 2.25. The van der Waals surface area contributed by atoms with Crippen LogP contribution in [-0.4, -0.2) is 42.5 Å². The normalized spacial score (nSPS) is 23.7. The van der Waals surface area contributed by atoms with Crippen LogP contribution >= 0.6 is 0 Å². The molecule has 23 heavy (non-hydrogen) atoms. The van der Waals surface area contributed by atoms with Crippen LogP contribution in [-0.2, 0) is 11.3 Å². The van der Waals surface area contributed by atoms with Crippen LogP contribution in [0.1, 0.15) is 31.2 Å². The molecule has 1 aromatic heterocycles. The first-order chi connectivity index (χ1) is 11.0. The maximum Gasteiger partial charge on any atom is 0.262 e. The Bertz CT molecular complexity index is 544. The van der Waals surface area contributed by atoms with Crippen LogP contribution in [0.15, 0.2) is 18.3 Å². The van der Waals surface area contributed by atoms with Crippen molar-refractivity contribution in [3.8, 4) is 0 Å². The summed E-state index contributed by atoms with van der Waals surface area (Å²) in [6.07, 6.45) is 4.96. The van der Waals surface area contributed by atoms with Gasteiger partial charge in [-0.2, -0.15) is 0 Å². The summed E-state index contributed by atoms with van der Waals surface area (Å²) < 4.78 is 26.2. The zero-order valence-electron chi connectivity index (χ0n) is 13.0. The molecule has 5 nitrogen and oxygen atoms in total. The van der Waals surface area contributed by atoms with Gasteiger partial charge in [-0.15, -0.1) is 0 Å². The molecule has 0 saturated carbocycles. The molecule has 1 atom stereocenters. The van der Waals surface area contributed by atoms with E-state index in [1.165, 1.54) is 19.3 Å². The van der Waals surface area contributed by atoms with Gasteiger partial charge in [-0.1, -0.05) is 6.07 Å². The highest BCUT2D eigenvalue weighted by Gasteiger charge is 2.42. The Morgan fingerprint density at radius 2 is 2.13 bits per heavy atom. The molecule has 0 radical (unpaired) electrons. The molecule has 0 spiro atoms. The number of nitrogens with zero attached hydrogens (tertiary/aromatic N) is 2. The molecule has 2 aliphatic rings. The number of alkyl halides is 2. The topological polar surface area (TPSA) is 57.3 Å². The van der Waals surface area contributed by atoms with Gasteiger partial charge in [0.05, 0.1) is 12.6 Å². The number of carbonyl (C=O) groups excluding carboxylic acids is 1. The second kappa shape index (κ2) is 6.78. The summed E-state index contributed by atoms with van der Waals surface area (Å²) in [5.74, 6) is -2.22. The fourth-order valence-corrected chi connectivity index (χ4v) is 3.04. The predicted molar refractivity (Wildman–Crippen MR) is 83.5 cm³/mol. The number of amides is 1. The van der Waals surface area contributed by atoms with E-state index in [-0.39, 0.29) is 5.91 Å². The van der Waals surface area contributed by atoms with Crippen molar-refractivity contribution in [2.45, 2.75) is 44.2 Å². The molecule has 126 valence electrons. The average molecular weight is 324 g/mol. The van der Waals surface area contributed by atoms with Crippen LogP contribution in [0.25, 0.3) is 0 Å². The lowest BCUT2D eigenvalue weighted by Gasteiger charge is -2.27. The molecule has 1 aromatic rings. The SMILES string of the molecule is O=C(NCc1ccc(N2CCCCC2)nc1)C1CC(F)(F)CN1. The quantitative estimate of drug-likeness (QED) is 0.885. The van der Waals surface area contributed by atoms with Crippen molar-refractivity contribution < 1.29 is 13.6 Å². The minimum absolute atomic E-state index is 0.301. The van der Waals surface area contributed by atoms with Gasteiger partial charge in [0.25, 0.3) is 5.92 Å². The summed E-state index contributed by atoms with van der Waals surface area (Å²) in [5, 5.41) is 5.24. The number of piperidine rings is 1. The molecule has 3 heterocycles. The number of hydrogen-bond acceptors (Lipinski definition) is 4. The average Bonchev–Trinajstić information content (AvgIpc) is 2.94. The van der Waals surface area contributed by atoms with Gasteiger partial charge in [0.1, 0.15) is 5.82 Å². The van der Waals surface area contributed by atoms with E-state index < -0.39 is 24.9 Å². The highest BCUT2D eigenvalue weighted by atomic mass is 19.3. The van der Waals surface area contributed by atoms with E-state index >= 15 is 0 Å². The first kappa shape index (κ1) is 16.1. The van der Waals surface area contributed by atoms with Gasteiger partial charge >= 0.3 is 0 Å². The van der Waals surface area contributed by atoms with Crippen LogP contribution in [0.4, 0.5) is 14.6 Å². The molecule has 2 fully saturated rings. The maximum absolute atomic E-state index is 13.1. The summed E-state index contributed by atoms with van der Waals surface area (Å²) in [7, 11) is 0. The number of carbonyl (C=O) groups is 1. The smallest absolute Gasteiger partial charge is 0.262 e. The number of aromatic nitrogens is 1. The van der Waals surface area contributed by atoms with Crippen LogP contribution in [0.3, 0.4) is 0 Å². The van der Waals surface area contributed by atoms with Gasteiger partial charge in [-0.3, -0.25) is 10.1 Å². The minimum atomic E-state index is -2.79. The number of nitrogens with one attached hydrogen (secondary N) is 2. The number of halogens is 2. The fraction of sp³-hybridized carbons (Fsp3) is 0.625. The molecular weight excluding hydrogens is 302 g/mol. The second-order valence-corrected chi connectivity index (χ2v) is 6.28. The molecule has 3 rings (SSSR count). The van der Waals surface area contributed by atoms with E-state index in [0.29, 0.717) is 6.54 Å². The summed E-state index contributed by atoms with van der Waals surface area (Å²) >= 11 is 0. The highest BCUT2D eigenvalue weighted by molar-refractivity contribution is 5.82. The molecule has 2 saturated heterocycles. The third-order valence-corrected chi connectivity index (χ3v) is 4.38. The number of rotatable bonds is 4. The number of anilines is 1.